The van der Waals surface area contributed by atoms with E-state index in [1.807, 2.05) is 13.0 Å². The molecular weight excluding hydrogens is 619 g/mol. The summed E-state index contributed by atoms with van der Waals surface area (Å²) in [5, 5.41) is 37.5. The number of epoxide rings is 1. The maximum absolute atomic E-state index is 13.4. The fourth-order valence-corrected chi connectivity index (χ4v) is 9.75. The Morgan fingerprint density at radius 1 is 1.21 bits per heavy atom. The van der Waals surface area contributed by atoms with Gasteiger partial charge in [-0.1, -0.05) is 11.6 Å². The summed E-state index contributed by atoms with van der Waals surface area (Å²) < 4.78 is 16.9. The first kappa shape index (κ1) is 27.8. The number of carbonyl (C=O) groups excluding carboxylic acids is 3. The summed E-state index contributed by atoms with van der Waals surface area (Å²) in [5.41, 5.74) is -7.11. The highest BCUT2D eigenvalue weighted by molar-refractivity contribution is 14.1. The van der Waals surface area contributed by atoms with Gasteiger partial charge in [-0.25, -0.2) is 9.59 Å². The van der Waals surface area contributed by atoms with Crippen molar-refractivity contribution < 1.29 is 43.9 Å². The summed E-state index contributed by atoms with van der Waals surface area (Å²) in [6.45, 7) is 6.56. The van der Waals surface area contributed by atoms with Crippen molar-refractivity contribution >= 4 is 38.3 Å². The van der Waals surface area contributed by atoms with Gasteiger partial charge in [0.1, 0.15) is 29.5 Å². The van der Waals surface area contributed by atoms with Crippen molar-refractivity contribution in [2.75, 3.05) is 6.61 Å². The van der Waals surface area contributed by atoms with E-state index in [4.69, 9.17) is 14.2 Å². The van der Waals surface area contributed by atoms with E-state index in [0.29, 0.717) is 24.8 Å². The number of aliphatic hydroxyl groups is 3. The zero-order valence-corrected chi connectivity index (χ0v) is 24.9. The smallest absolute Gasteiger partial charge is 0.367 e. The number of ether oxygens (including phenoxy) is 3. The van der Waals surface area contributed by atoms with Crippen molar-refractivity contribution in [2.45, 2.75) is 107 Å². The molecular formula is C29H37IO9. The van der Waals surface area contributed by atoms with Crippen LogP contribution in [0.3, 0.4) is 0 Å². The Labute approximate surface area is 241 Å². The average molecular weight is 657 g/mol. The lowest BCUT2D eigenvalue weighted by Crippen LogP contribution is -2.75. The molecule has 4 fully saturated rings. The topological polar surface area (TPSA) is 143 Å². The van der Waals surface area contributed by atoms with Gasteiger partial charge in [-0.3, -0.25) is 4.79 Å². The molecule has 39 heavy (non-hydrogen) atoms. The third-order valence-electron chi connectivity index (χ3n) is 12.2. The number of ketones is 1. The fourth-order valence-electron chi connectivity index (χ4n) is 9.59. The first-order chi connectivity index (χ1) is 18.1. The SMILES string of the molecule is CC1=C(C)C(=O)O[C@@H](C(C)(O)[C@]2(O)CC[C@@]3(O)[C@@H]4C[C@H]5O[C@]56CC=CC(=O)[C@]6(C)[C@H]4CC[C@@]32COC(=O)I)C1. The van der Waals surface area contributed by atoms with Crippen LogP contribution in [-0.4, -0.2) is 72.3 Å². The quantitative estimate of drug-likeness (QED) is 0.180. The van der Waals surface area contributed by atoms with Gasteiger partial charge in [0.05, 0.1) is 45.1 Å². The predicted octanol–water partition coefficient (Wildman–Crippen LogP) is 3.31. The molecule has 0 bridgehead atoms. The van der Waals surface area contributed by atoms with E-state index < -0.39 is 55.2 Å². The minimum atomic E-state index is -1.97. The number of hydrogen-bond donors (Lipinski definition) is 3. The molecule has 6 rings (SSSR count). The number of halogens is 1. The molecule has 2 heterocycles. The minimum Gasteiger partial charge on any atom is -0.457 e. The second kappa shape index (κ2) is 8.36. The molecule has 3 saturated carbocycles. The van der Waals surface area contributed by atoms with E-state index in [1.165, 1.54) is 29.5 Å². The van der Waals surface area contributed by atoms with Gasteiger partial charge in [0.25, 0.3) is 0 Å². The maximum atomic E-state index is 13.4. The van der Waals surface area contributed by atoms with Crippen LogP contribution in [-0.2, 0) is 23.8 Å². The second-order valence-electron chi connectivity index (χ2n) is 13.2. The van der Waals surface area contributed by atoms with Crippen LogP contribution >= 0.6 is 22.6 Å². The van der Waals surface area contributed by atoms with Crippen LogP contribution in [0.25, 0.3) is 0 Å². The largest absolute Gasteiger partial charge is 0.457 e. The second-order valence-corrected chi connectivity index (χ2v) is 14.1. The number of esters is 1. The average Bonchev–Trinajstić information content (AvgIpc) is 3.52. The van der Waals surface area contributed by atoms with Crippen LogP contribution in [0.15, 0.2) is 23.3 Å². The molecule has 0 aromatic carbocycles. The molecule has 1 unspecified atom stereocenters. The zero-order valence-electron chi connectivity index (χ0n) is 22.8. The van der Waals surface area contributed by atoms with Gasteiger partial charge >= 0.3 is 9.95 Å². The van der Waals surface area contributed by atoms with Crippen molar-refractivity contribution in [3.63, 3.8) is 0 Å². The van der Waals surface area contributed by atoms with Gasteiger partial charge in [0.15, 0.2) is 5.78 Å². The Morgan fingerprint density at radius 2 is 1.92 bits per heavy atom. The Bertz CT molecular complexity index is 1230. The Kier molecular flexibility index (Phi) is 5.96. The summed E-state index contributed by atoms with van der Waals surface area (Å²) >= 11 is 1.52. The van der Waals surface area contributed by atoms with Gasteiger partial charge in [-0.2, -0.15) is 0 Å². The van der Waals surface area contributed by atoms with Gasteiger partial charge in [-0.05, 0) is 84.1 Å². The van der Waals surface area contributed by atoms with Crippen molar-refractivity contribution in [2.24, 2.45) is 22.7 Å². The van der Waals surface area contributed by atoms with E-state index in [1.54, 1.807) is 19.9 Å². The summed E-state index contributed by atoms with van der Waals surface area (Å²) in [6, 6.07) is 0. The highest BCUT2D eigenvalue weighted by Gasteiger charge is 2.83. The first-order valence-electron chi connectivity index (χ1n) is 13.9. The normalized spacial score (nSPS) is 49.7. The molecule has 0 amide bonds. The van der Waals surface area contributed by atoms with Crippen LogP contribution < -0.4 is 0 Å². The molecule has 1 saturated heterocycles. The highest BCUT2D eigenvalue weighted by atomic mass is 127. The third-order valence-corrected chi connectivity index (χ3v) is 12.5. The molecule has 10 atom stereocenters. The predicted molar refractivity (Wildman–Crippen MR) is 146 cm³/mol. The third kappa shape index (κ3) is 3.18. The molecule has 0 aromatic rings. The van der Waals surface area contributed by atoms with Gasteiger partial charge < -0.3 is 29.5 Å². The monoisotopic (exact) mass is 656 g/mol. The number of carbonyl (C=O) groups is 3. The lowest BCUT2D eigenvalue weighted by molar-refractivity contribution is -0.295. The van der Waals surface area contributed by atoms with Crippen LogP contribution in [0.5, 0.6) is 0 Å². The lowest BCUT2D eigenvalue weighted by atomic mass is 9.42. The van der Waals surface area contributed by atoms with E-state index in [-0.39, 0.29) is 50.1 Å². The summed E-state index contributed by atoms with van der Waals surface area (Å²) in [7, 11) is 0. The molecule has 2 aliphatic heterocycles. The van der Waals surface area contributed by atoms with E-state index in [9.17, 15) is 29.7 Å². The van der Waals surface area contributed by atoms with Gasteiger partial charge in [0, 0.05) is 12.0 Å². The van der Waals surface area contributed by atoms with Gasteiger partial charge in [-0.15, -0.1) is 0 Å². The number of allylic oxidation sites excluding steroid dienone is 1. The molecule has 0 aromatic heterocycles. The first-order valence-corrected chi connectivity index (χ1v) is 14.9. The van der Waals surface area contributed by atoms with Crippen LogP contribution in [0.1, 0.15) is 72.6 Å². The fraction of sp³-hybridized carbons (Fsp3) is 0.759. The summed E-state index contributed by atoms with van der Waals surface area (Å²) in [6.07, 6.45) is 4.46. The van der Waals surface area contributed by atoms with Crippen molar-refractivity contribution in [3.8, 4) is 0 Å². The molecule has 9 nitrogen and oxygen atoms in total. The van der Waals surface area contributed by atoms with Crippen molar-refractivity contribution in [1.82, 2.24) is 0 Å². The number of cyclic esters (lactones) is 1. The Morgan fingerprint density at radius 3 is 2.59 bits per heavy atom. The maximum Gasteiger partial charge on any atom is 0.367 e. The number of rotatable bonds is 4. The highest BCUT2D eigenvalue weighted by Crippen LogP contribution is 2.75. The molecule has 10 heteroatoms. The van der Waals surface area contributed by atoms with E-state index in [0.717, 1.165) is 5.57 Å². The van der Waals surface area contributed by atoms with E-state index >= 15 is 0 Å². The van der Waals surface area contributed by atoms with Crippen LogP contribution in [0, 0.1) is 22.7 Å². The number of fused-ring (bicyclic) bond motifs is 4. The molecule has 214 valence electrons. The molecule has 1 spiro atoms. The van der Waals surface area contributed by atoms with Crippen LogP contribution in [0.2, 0.25) is 0 Å². The molecule has 3 N–H and O–H groups in total. The molecule has 6 aliphatic rings. The zero-order chi connectivity index (χ0) is 28.4. The van der Waals surface area contributed by atoms with E-state index in [2.05, 4.69) is 0 Å². The Balaban J connectivity index is 1.44. The number of hydrogen-bond acceptors (Lipinski definition) is 9. The van der Waals surface area contributed by atoms with Crippen molar-refractivity contribution in [3.05, 3.63) is 23.3 Å². The molecule has 0 radical (unpaired) electrons. The standard InChI is InChI=1S/C29H37IO9/c1-15-12-20(38-22(32)16(15)2)25(4,34)29(36)11-10-27(35)18-13-21-28(39-21)8-5-6-19(31)24(28,3)17(18)7-9-26(27,29)14-37-23(30)33/h5-6,17-18,20-21,34-36H,7-14H2,1-4H3/t17-,18+,20+,21+,24-,25?,26+,27+,28+,29+/m0/s1. The Hall–Kier alpha value is -1.34. The minimum absolute atomic E-state index is 0.00672. The summed E-state index contributed by atoms with van der Waals surface area (Å²) in [4.78, 5) is 38.1. The summed E-state index contributed by atoms with van der Waals surface area (Å²) in [5.74, 6) is -1.20. The van der Waals surface area contributed by atoms with Gasteiger partial charge in [0.2, 0.25) is 0 Å². The lowest BCUT2D eigenvalue weighted by Gasteiger charge is -2.64. The van der Waals surface area contributed by atoms with Crippen molar-refractivity contribution in [1.29, 1.82) is 0 Å². The molecule has 4 aliphatic carbocycles. The van der Waals surface area contributed by atoms with Crippen LogP contribution in [0.4, 0.5) is 4.79 Å².